The van der Waals surface area contributed by atoms with Crippen LogP contribution in [-0.4, -0.2) is 22.6 Å². The quantitative estimate of drug-likeness (QED) is 0.932. The van der Waals surface area contributed by atoms with Gasteiger partial charge in [0.05, 0.1) is 6.33 Å². The van der Waals surface area contributed by atoms with Crippen LogP contribution in [-0.2, 0) is 0 Å². The summed E-state index contributed by atoms with van der Waals surface area (Å²) in [5.41, 5.74) is 4.18. The summed E-state index contributed by atoms with van der Waals surface area (Å²) in [4.78, 5) is 4.41. The lowest BCUT2D eigenvalue weighted by molar-refractivity contribution is 0.381. The molecule has 0 radical (unpaired) electrons. The molecule has 1 N–H and O–H groups in total. The summed E-state index contributed by atoms with van der Waals surface area (Å²) in [5, 5.41) is 3.56. The molecule has 0 saturated carbocycles. The van der Waals surface area contributed by atoms with Gasteiger partial charge >= 0.3 is 0 Å². The zero-order valence-corrected chi connectivity index (χ0v) is 13.2. The monoisotopic (exact) mass is 283 g/mol. The Kier molecular flexibility index (Phi) is 4.11. The number of nitrogens with one attached hydrogen (secondary N) is 1. The van der Waals surface area contributed by atoms with Crippen LogP contribution in [0.15, 0.2) is 36.8 Å². The van der Waals surface area contributed by atoms with Crippen molar-refractivity contribution in [2.24, 2.45) is 0 Å². The normalized spacial score (nSPS) is 22.7. The Hall–Kier alpha value is -1.61. The molecule has 2 unspecified atom stereocenters. The van der Waals surface area contributed by atoms with Crippen LogP contribution in [0.5, 0.6) is 0 Å². The molecule has 21 heavy (non-hydrogen) atoms. The van der Waals surface area contributed by atoms with Crippen molar-refractivity contribution in [2.75, 3.05) is 13.1 Å². The molecule has 2 aromatic rings. The fourth-order valence-electron chi connectivity index (χ4n) is 3.50. The highest BCUT2D eigenvalue weighted by molar-refractivity contribution is 5.30. The first kappa shape index (κ1) is 14.3. The van der Waals surface area contributed by atoms with Gasteiger partial charge in [0.1, 0.15) is 0 Å². The number of aromatic nitrogens is 2. The number of rotatable bonds is 3. The minimum Gasteiger partial charge on any atom is -0.332 e. The van der Waals surface area contributed by atoms with E-state index in [1.165, 1.54) is 23.2 Å². The molecule has 1 aromatic heterocycles. The maximum absolute atomic E-state index is 4.41. The highest BCUT2D eigenvalue weighted by Crippen LogP contribution is 2.38. The molecule has 3 heteroatoms. The van der Waals surface area contributed by atoms with Crippen LogP contribution in [0.2, 0.25) is 0 Å². The third-order valence-corrected chi connectivity index (χ3v) is 4.58. The Balaban J connectivity index is 1.96. The van der Waals surface area contributed by atoms with E-state index in [-0.39, 0.29) is 0 Å². The summed E-state index contributed by atoms with van der Waals surface area (Å²) >= 11 is 0. The van der Waals surface area contributed by atoms with Crippen molar-refractivity contribution in [2.45, 2.75) is 45.1 Å². The van der Waals surface area contributed by atoms with E-state index < -0.39 is 0 Å². The standard InChI is InChI=1S/C18H25N3/c1-13(2)21-12-20-11-18(21)16-7-8-19-10-17(16)15-6-4-5-14(3)9-15/h4-6,9,11-13,16-17,19H,7-8,10H2,1-3H3. The van der Waals surface area contributed by atoms with Crippen molar-refractivity contribution in [1.29, 1.82) is 0 Å². The second-order valence-corrected chi connectivity index (χ2v) is 6.44. The predicted octanol–water partition coefficient (Wildman–Crippen LogP) is 3.63. The van der Waals surface area contributed by atoms with E-state index in [1.807, 2.05) is 6.33 Å². The maximum Gasteiger partial charge on any atom is 0.0950 e. The Morgan fingerprint density at radius 3 is 2.90 bits per heavy atom. The third-order valence-electron chi connectivity index (χ3n) is 4.58. The average Bonchev–Trinajstić information content (AvgIpc) is 2.97. The predicted molar refractivity (Wildman–Crippen MR) is 86.8 cm³/mol. The lowest BCUT2D eigenvalue weighted by Gasteiger charge is -2.33. The molecule has 0 bridgehead atoms. The first-order chi connectivity index (χ1) is 10.2. The molecule has 1 fully saturated rings. The molecule has 1 aliphatic heterocycles. The smallest absolute Gasteiger partial charge is 0.0950 e. The van der Waals surface area contributed by atoms with Crippen molar-refractivity contribution in [1.82, 2.24) is 14.9 Å². The summed E-state index contributed by atoms with van der Waals surface area (Å²) < 4.78 is 2.33. The number of hydrogen-bond donors (Lipinski definition) is 1. The van der Waals surface area contributed by atoms with Gasteiger partial charge in [0.2, 0.25) is 0 Å². The van der Waals surface area contributed by atoms with Gasteiger partial charge < -0.3 is 9.88 Å². The molecule has 1 aromatic carbocycles. The summed E-state index contributed by atoms with van der Waals surface area (Å²) in [6.07, 6.45) is 5.23. The van der Waals surface area contributed by atoms with Crippen LogP contribution in [0.4, 0.5) is 0 Å². The second kappa shape index (κ2) is 6.02. The second-order valence-electron chi connectivity index (χ2n) is 6.44. The van der Waals surface area contributed by atoms with Crippen LogP contribution in [0.25, 0.3) is 0 Å². The van der Waals surface area contributed by atoms with E-state index in [2.05, 4.69) is 66.1 Å². The molecule has 0 aliphatic carbocycles. The van der Waals surface area contributed by atoms with Crippen molar-refractivity contribution in [3.8, 4) is 0 Å². The van der Waals surface area contributed by atoms with Gasteiger partial charge in [0, 0.05) is 36.3 Å². The summed E-state index contributed by atoms with van der Waals surface area (Å²) in [7, 11) is 0. The Labute approximate surface area is 127 Å². The summed E-state index contributed by atoms with van der Waals surface area (Å²) in [5.74, 6) is 1.09. The highest BCUT2D eigenvalue weighted by Gasteiger charge is 2.30. The van der Waals surface area contributed by atoms with Gasteiger partial charge in [-0.25, -0.2) is 4.98 Å². The Morgan fingerprint density at radius 1 is 1.29 bits per heavy atom. The minimum atomic E-state index is 0.468. The number of hydrogen-bond acceptors (Lipinski definition) is 2. The number of nitrogens with zero attached hydrogens (tertiary/aromatic N) is 2. The molecule has 0 spiro atoms. The lowest BCUT2D eigenvalue weighted by Crippen LogP contribution is -2.35. The zero-order chi connectivity index (χ0) is 14.8. The minimum absolute atomic E-state index is 0.468. The fourth-order valence-corrected chi connectivity index (χ4v) is 3.50. The highest BCUT2D eigenvalue weighted by atomic mass is 15.1. The van der Waals surface area contributed by atoms with E-state index in [0.29, 0.717) is 17.9 Å². The van der Waals surface area contributed by atoms with Gasteiger partial charge in [-0.2, -0.15) is 0 Å². The third kappa shape index (κ3) is 2.88. The average molecular weight is 283 g/mol. The SMILES string of the molecule is Cc1cccc(C2CNCCC2c2cncn2C(C)C)c1. The largest absolute Gasteiger partial charge is 0.332 e. The molecule has 112 valence electrons. The van der Waals surface area contributed by atoms with Gasteiger partial charge in [-0.3, -0.25) is 0 Å². The van der Waals surface area contributed by atoms with E-state index >= 15 is 0 Å². The number of piperidine rings is 1. The van der Waals surface area contributed by atoms with Gasteiger partial charge in [-0.15, -0.1) is 0 Å². The molecule has 2 heterocycles. The van der Waals surface area contributed by atoms with Crippen molar-refractivity contribution in [3.63, 3.8) is 0 Å². The zero-order valence-electron chi connectivity index (χ0n) is 13.2. The molecule has 1 aliphatic rings. The number of aryl methyl sites for hydroxylation is 1. The fraction of sp³-hybridized carbons (Fsp3) is 0.500. The van der Waals surface area contributed by atoms with E-state index in [1.54, 1.807) is 0 Å². The molecular weight excluding hydrogens is 258 g/mol. The maximum atomic E-state index is 4.41. The van der Waals surface area contributed by atoms with Crippen molar-refractivity contribution in [3.05, 3.63) is 53.6 Å². The Bertz CT molecular complexity index is 600. The molecular formula is C18H25N3. The first-order valence-electron chi connectivity index (χ1n) is 7.96. The van der Waals surface area contributed by atoms with Gasteiger partial charge in [0.15, 0.2) is 0 Å². The molecule has 2 atom stereocenters. The van der Waals surface area contributed by atoms with E-state index in [4.69, 9.17) is 0 Å². The Morgan fingerprint density at radius 2 is 2.14 bits per heavy atom. The van der Waals surface area contributed by atoms with Crippen LogP contribution >= 0.6 is 0 Å². The molecule has 3 nitrogen and oxygen atoms in total. The number of imidazole rings is 1. The van der Waals surface area contributed by atoms with Gasteiger partial charge in [0.25, 0.3) is 0 Å². The van der Waals surface area contributed by atoms with Crippen LogP contribution < -0.4 is 5.32 Å². The topological polar surface area (TPSA) is 29.9 Å². The summed E-state index contributed by atoms with van der Waals surface area (Å²) in [6, 6.07) is 9.42. The van der Waals surface area contributed by atoms with Crippen LogP contribution in [0, 0.1) is 6.92 Å². The first-order valence-corrected chi connectivity index (χ1v) is 7.96. The molecule has 0 amide bonds. The van der Waals surface area contributed by atoms with Crippen molar-refractivity contribution < 1.29 is 0 Å². The van der Waals surface area contributed by atoms with Crippen molar-refractivity contribution >= 4 is 0 Å². The van der Waals surface area contributed by atoms with Gasteiger partial charge in [-0.05, 0) is 39.3 Å². The molecule has 3 rings (SSSR count). The van der Waals surface area contributed by atoms with Crippen LogP contribution in [0.3, 0.4) is 0 Å². The lowest BCUT2D eigenvalue weighted by atomic mass is 9.79. The van der Waals surface area contributed by atoms with E-state index in [0.717, 1.165) is 13.1 Å². The number of benzene rings is 1. The van der Waals surface area contributed by atoms with Gasteiger partial charge in [-0.1, -0.05) is 29.8 Å². The molecule has 1 saturated heterocycles. The summed E-state index contributed by atoms with van der Waals surface area (Å²) in [6.45, 7) is 8.78. The van der Waals surface area contributed by atoms with Crippen LogP contribution in [0.1, 0.15) is 55.0 Å². The van der Waals surface area contributed by atoms with E-state index in [9.17, 15) is 0 Å².